The second-order valence-corrected chi connectivity index (χ2v) is 9.99. The first-order valence-electron chi connectivity index (χ1n) is 12.3. The van der Waals surface area contributed by atoms with E-state index in [0.717, 1.165) is 48.3 Å². The van der Waals surface area contributed by atoms with Crippen molar-refractivity contribution in [3.63, 3.8) is 0 Å². The molecule has 194 valence electrons. The molecule has 6 rings (SSSR count). The summed E-state index contributed by atoms with van der Waals surface area (Å²) >= 11 is 0. The van der Waals surface area contributed by atoms with Gasteiger partial charge in [0.05, 0.1) is 33.6 Å². The quantitative estimate of drug-likeness (QED) is 0.439. The van der Waals surface area contributed by atoms with E-state index in [2.05, 4.69) is 37.5 Å². The molecule has 3 aliphatic heterocycles. The van der Waals surface area contributed by atoms with Crippen LogP contribution in [0.25, 0.3) is 16.7 Å². The van der Waals surface area contributed by atoms with Crippen molar-refractivity contribution in [2.24, 2.45) is 12.0 Å². The number of nitrogens with two attached hydrogens (primary N) is 1. The molecule has 1 aromatic carbocycles. The van der Waals surface area contributed by atoms with E-state index in [-0.39, 0.29) is 11.3 Å². The fourth-order valence-electron chi connectivity index (χ4n) is 5.71. The normalized spacial score (nSPS) is 20.8. The van der Waals surface area contributed by atoms with Crippen molar-refractivity contribution in [3.05, 3.63) is 48.3 Å². The molecule has 9 nitrogen and oxygen atoms in total. The first-order chi connectivity index (χ1) is 17.8. The molecule has 37 heavy (non-hydrogen) atoms. The lowest BCUT2D eigenvalue weighted by molar-refractivity contribution is -0.0493. The van der Waals surface area contributed by atoms with Crippen molar-refractivity contribution >= 4 is 40.0 Å². The maximum absolute atomic E-state index is 13.4. The van der Waals surface area contributed by atoms with Gasteiger partial charge in [-0.15, -0.1) is 0 Å². The number of allylic oxidation sites excluding steroid dienone is 1. The molecule has 3 aromatic rings. The molecule has 0 radical (unpaired) electrons. The second kappa shape index (κ2) is 8.91. The van der Waals surface area contributed by atoms with Gasteiger partial charge in [0.25, 0.3) is 0 Å². The molecular weight excluding hydrogens is 478 g/mol. The molecule has 2 saturated heterocycles. The van der Waals surface area contributed by atoms with Crippen molar-refractivity contribution in [3.8, 4) is 5.75 Å². The molecule has 5 heterocycles. The standard InChI is InChI=1S/C26H30F2N8O/c1-34-13-16(23-20(34)5-3-8-30-23)18-6-9-31-25(32-18)33-19-11-17(29)21(12-22(19)37-24(27)28)36-14-26(15-36)7-4-10-35(26)2/h3,5-6,8-9,11-13,24-25,32-33H,4,7,10,14-15,29H2,1-2H3. The van der Waals surface area contributed by atoms with Crippen LogP contribution in [0.5, 0.6) is 5.75 Å². The van der Waals surface area contributed by atoms with Crippen LogP contribution in [0.1, 0.15) is 18.4 Å². The molecule has 1 unspecified atom stereocenters. The van der Waals surface area contributed by atoms with Crippen molar-refractivity contribution in [1.82, 2.24) is 19.8 Å². The Morgan fingerprint density at radius 3 is 2.86 bits per heavy atom. The van der Waals surface area contributed by atoms with E-state index in [0.29, 0.717) is 17.1 Å². The number of anilines is 3. The molecule has 1 spiro atoms. The van der Waals surface area contributed by atoms with Gasteiger partial charge >= 0.3 is 6.61 Å². The van der Waals surface area contributed by atoms with Crippen LogP contribution in [0.2, 0.25) is 0 Å². The number of benzene rings is 1. The molecule has 1 atom stereocenters. The number of rotatable bonds is 6. The Hall–Kier alpha value is -3.86. The van der Waals surface area contributed by atoms with E-state index < -0.39 is 12.9 Å². The van der Waals surface area contributed by atoms with Gasteiger partial charge in [0.1, 0.15) is 0 Å². The summed E-state index contributed by atoms with van der Waals surface area (Å²) in [6.45, 7) is -0.264. The number of pyridine rings is 1. The van der Waals surface area contributed by atoms with Crippen molar-refractivity contribution in [1.29, 1.82) is 0 Å². The fraction of sp³-hybridized carbons (Fsp3) is 0.385. The third-order valence-electron chi connectivity index (χ3n) is 7.70. The Kier molecular flexibility index (Phi) is 5.67. The minimum atomic E-state index is -2.97. The lowest BCUT2D eigenvalue weighted by Gasteiger charge is -2.53. The monoisotopic (exact) mass is 508 g/mol. The number of likely N-dealkylation sites (N-methyl/N-ethyl adjacent to an activating group) is 1. The van der Waals surface area contributed by atoms with Gasteiger partial charge in [-0.05, 0) is 50.7 Å². The minimum absolute atomic E-state index is 0.0276. The molecular formula is C26H30F2N8O. The van der Waals surface area contributed by atoms with Crippen LogP contribution in [0.3, 0.4) is 0 Å². The Morgan fingerprint density at radius 2 is 2.11 bits per heavy atom. The highest BCUT2D eigenvalue weighted by atomic mass is 19.3. The number of ether oxygens (including phenoxy) is 1. The summed E-state index contributed by atoms with van der Waals surface area (Å²) in [4.78, 5) is 13.5. The van der Waals surface area contributed by atoms with E-state index in [9.17, 15) is 8.78 Å². The van der Waals surface area contributed by atoms with Crippen molar-refractivity contribution < 1.29 is 13.5 Å². The summed E-state index contributed by atoms with van der Waals surface area (Å²) in [5.74, 6) is 0.0276. The fourth-order valence-corrected chi connectivity index (χ4v) is 5.71. The molecule has 0 saturated carbocycles. The molecule has 3 aliphatic rings. The molecule has 0 aliphatic carbocycles. The Morgan fingerprint density at radius 1 is 1.27 bits per heavy atom. The highest BCUT2D eigenvalue weighted by Gasteiger charge is 2.49. The first-order valence-corrected chi connectivity index (χ1v) is 12.3. The zero-order chi connectivity index (χ0) is 25.7. The zero-order valence-electron chi connectivity index (χ0n) is 20.8. The Labute approximate surface area is 213 Å². The topological polar surface area (TPSA) is 96.0 Å². The van der Waals surface area contributed by atoms with Gasteiger partial charge in [0.15, 0.2) is 12.0 Å². The number of nitrogens with zero attached hydrogens (tertiary/aromatic N) is 5. The molecule has 4 N–H and O–H groups in total. The van der Waals surface area contributed by atoms with Crippen molar-refractivity contribution in [2.45, 2.75) is 31.3 Å². The van der Waals surface area contributed by atoms with E-state index in [4.69, 9.17) is 10.5 Å². The summed E-state index contributed by atoms with van der Waals surface area (Å²) in [5, 5.41) is 6.49. The van der Waals surface area contributed by atoms with Crippen LogP contribution < -0.4 is 26.0 Å². The summed E-state index contributed by atoms with van der Waals surface area (Å²) < 4.78 is 33.7. The number of halogens is 2. The van der Waals surface area contributed by atoms with Crippen LogP contribution in [-0.4, -0.2) is 65.8 Å². The summed E-state index contributed by atoms with van der Waals surface area (Å²) in [7, 11) is 4.10. The number of alkyl halides is 2. The van der Waals surface area contributed by atoms with E-state index >= 15 is 0 Å². The highest BCUT2D eigenvalue weighted by Crippen LogP contribution is 2.44. The van der Waals surface area contributed by atoms with E-state index in [1.54, 1.807) is 24.5 Å². The molecule has 0 amide bonds. The molecule has 2 aromatic heterocycles. The largest absolute Gasteiger partial charge is 0.433 e. The smallest absolute Gasteiger partial charge is 0.387 e. The number of nitrogen functional groups attached to an aromatic ring is 1. The van der Waals surface area contributed by atoms with Crippen molar-refractivity contribution in [2.75, 3.05) is 42.6 Å². The van der Waals surface area contributed by atoms with Gasteiger partial charge in [0.2, 0.25) is 0 Å². The Bertz CT molecular complexity index is 1390. The number of aliphatic imine (C=N–C) groups is 1. The number of hydrogen-bond acceptors (Lipinski definition) is 8. The van der Waals surface area contributed by atoms with Crippen LogP contribution in [0, 0.1) is 0 Å². The number of fused-ring (bicyclic) bond motifs is 1. The lowest BCUT2D eigenvalue weighted by atomic mass is 9.86. The predicted octanol–water partition coefficient (Wildman–Crippen LogP) is 3.45. The van der Waals surface area contributed by atoms with Crippen LogP contribution in [0.15, 0.2) is 47.7 Å². The van der Waals surface area contributed by atoms with Gasteiger partial charge < -0.3 is 30.6 Å². The van der Waals surface area contributed by atoms with Gasteiger partial charge in [-0.3, -0.25) is 9.88 Å². The maximum atomic E-state index is 13.4. The first kappa shape index (κ1) is 23.5. The molecule has 11 heteroatoms. The van der Waals surface area contributed by atoms with E-state index in [1.807, 2.05) is 36.0 Å². The van der Waals surface area contributed by atoms with Gasteiger partial charge in [0, 0.05) is 56.1 Å². The van der Waals surface area contributed by atoms with E-state index in [1.165, 1.54) is 6.42 Å². The van der Waals surface area contributed by atoms with Crippen LogP contribution in [0.4, 0.5) is 25.8 Å². The summed E-state index contributed by atoms with van der Waals surface area (Å²) in [6, 6.07) is 7.14. The number of aromatic nitrogens is 2. The Balaban J connectivity index is 1.23. The molecule has 0 bridgehead atoms. The zero-order valence-corrected chi connectivity index (χ0v) is 20.8. The number of aryl methyl sites for hydroxylation is 1. The highest BCUT2D eigenvalue weighted by molar-refractivity contribution is 5.95. The molecule has 2 fully saturated rings. The third kappa shape index (κ3) is 4.12. The maximum Gasteiger partial charge on any atom is 0.387 e. The number of hydrogen-bond donors (Lipinski definition) is 3. The second-order valence-electron chi connectivity index (χ2n) is 9.99. The van der Waals surface area contributed by atoms with Gasteiger partial charge in [-0.1, -0.05) is 0 Å². The van der Waals surface area contributed by atoms with Crippen LogP contribution >= 0.6 is 0 Å². The number of nitrogens with one attached hydrogen (secondary N) is 2. The lowest BCUT2D eigenvalue weighted by Crippen LogP contribution is -2.67. The number of likely N-dealkylation sites (tertiary alicyclic amines) is 1. The predicted molar refractivity (Wildman–Crippen MR) is 142 cm³/mol. The average molecular weight is 509 g/mol. The minimum Gasteiger partial charge on any atom is -0.433 e. The van der Waals surface area contributed by atoms with Crippen LogP contribution in [-0.2, 0) is 7.05 Å². The average Bonchev–Trinajstić information content (AvgIpc) is 3.40. The summed E-state index contributed by atoms with van der Waals surface area (Å²) in [5.41, 5.74) is 11.7. The summed E-state index contributed by atoms with van der Waals surface area (Å²) in [6.07, 6.45) is 8.96. The van der Waals surface area contributed by atoms with Gasteiger partial charge in [-0.25, -0.2) is 4.99 Å². The third-order valence-corrected chi connectivity index (χ3v) is 7.70. The van der Waals surface area contributed by atoms with Gasteiger partial charge in [-0.2, -0.15) is 8.78 Å². The SMILES string of the molecule is CN1CCCC12CN(c1cc(OC(F)F)c(NC3N=CC=C(c4cn(C)c5cccnc45)N3)cc1N)C2.